The molecule has 9 heteroatoms. The molecule has 146 valence electrons. The fourth-order valence-electron chi connectivity index (χ4n) is 2.09. The lowest BCUT2D eigenvalue weighted by Gasteiger charge is -2.40. The van der Waals surface area contributed by atoms with E-state index >= 15 is 0 Å². The summed E-state index contributed by atoms with van der Waals surface area (Å²) < 4.78 is 38.3. The zero-order valence-electron chi connectivity index (χ0n) is 15.9. The van der Waals surface area contributed by atoms with Gasteiger partial charge in [-0.25, -0.2) is 8.78 Å². The zero-order chi connectivity index (χ0) is 20.0. The van der Waals surface area contributed by atoms with Crippen molar-refractivity contribution in [2.75, 3.05) is 13.2 Å². The van der Waals surface area contributed by atoms with Gasteiger partial charge in [-0.05, 0) is 30.1 Å². The van der Waals surface area contributed by atoms with Crippen molar-refractivity contribution in [1.82, 2.24) is 0 Å². The van der Waals surface area contributed by atoms with Crippen LogP contribution >= 0.6 is 0 Å². The molecular formula is C17H27F2N3O3Si. The van der Waals surface area contributed by atoms with Crippen LogP contribution in [-0.2, 0) is 4.43 Å². The van der Waals surface area contributed by atoms with Gasteiger partial charge in [-0.1, -0.05) is 25.9 Å². The number of halogens is 2. The molecule has 0 saturated carbocycles. The van der Waals surface area contributed by atoms with Crippen molar-refractivity contribution >= 4 is 8.32 Å². The van der Waals surface area contributed by atoms with E-state index in [1.807, 2.05) is 13.1 Å². The molecule has 1 rings (SSSR count). The molecule has 1 N–H and O–H groups in total. The van der Waals surface area contributed by atoms with E-state index in [4.69, 9.17) is 14.7 Å². The number of nitrogens with zero attached hydrogens (tertiary/aromatic N) is 3. The summed E-state index contributed by atoms with van der Waals surface area (Å²) in [6.45, 7) is 10.1. The van der Waals surface area contributed by atoms with Crippen molar-refractivity contribution in [3.8, 4) is 5.75 Å². The summed E-state index contributed by atoms with van der Waals surface area (Å²) in [4.78, 5) is 2.83. The first kappa shape index (κ1) is 22.4. The fourth-order valence-corrected chi connectivity index (χ4v) is 3.47. The van der Waals surface area contributed by atoms with E-state index in [0.29, 0.717) is 0 Å². The first-order valence-corrected chi connectivity index (χ1v) is 11.3. The highest BCUT2D eigenvalue weighted by molar-refractivity contribution is 6.74. The Morgan fingerprint density at radius 2 is 1.81 bits per heavy atom. The van der Waals surface area contributed by atoms with Gasteiger partial charge < -0.3 is 14.3 Å². The largest absolute Gasteiger partial charge is 0.493 e. The average Bonchev–Trinajstić information content (AvgIpc) is 2.48. The lowest BCUT2D eigenvalue weighted by Crippen LogP contribution is -2.48. The maximum absolute atomic E-state index is 13.3. The summed E-state index contributed by atoms with van der Waals surface area (Å²) in [6.07, 6.45) is -0.299. The third-order valence-electron chi connectivity index (χ3n) is 4.55. The molecule has 0 aromatic heterocycles. The first-order valence-electron chi connectivity index (χ1n) is 8.42. The monoisotopic (exact) mass is 387 g/mol. The molecule has 6 nitrogen and oxygen atoms in total. The van der Waals surface area contributed by atoms with Gasteiger partial charge in [0.2, 0.25) is 0 Å². The van der Waals surface area contributed by atoms with Crippen LogP contribution in [0.5, 0.6) is 5.75 Å². The van der Waals surface area contributed by atoms with Crippen molar-refractivity contribution < 1.29 is 23.1 Å². The van der Waals surface area contributed by atoms with Crippen LogP contribution < -0.4 is 4.74 Å². The van der Waals surface area contributed by atoms with E-state index in [1.165, 1.54) is 0 Å². The minimum absolute atomic E-state index is 0.00397. The molecule has 2 unspecified atom stereocenters. The van der Waals surface area contributed by atoms with Gasteiger partial charge in [0.25, 0.3) is 0 Å². The lowest BCUT2D eigenvalue weighted by atomic mass is 10.1. The molecule has 0 aliphatic carbocycles. The number of azide groups is 1. The molecule has 1 aromatic rings. The van der Waals surface area contributed by atoms with E-state index in [-0.39, 0.29) is 30.4 Å². The quantitative estimate of drug-likeness (QED) is 0.286. The van der Waals surface area contributed by atoms with Gasteiger partial charge in [-0.15, -0.1) is 0 Å². The van der Waals surface area contributed by atoms with Crippen molar-refractivity contribution in [3.05, 3.63) is 40.3 Å². The van der Waals surface area contributed by atoms with Gasteiger partial charge >= 0.3 is 0 Å². The second-order valence-electron chi connectivity index (χ2n) is 7.62. The van der Waals surface area contributed by atoms with Crippen LogP contribution in [0.1, 0.15) is 27.2 Å². The molecule has 0 saturated heterocycles. The summed E-state index contributed by atoms with van der Waals surface area (Å²) in [5, 5.41) is 13.0. The molecule has 0 radical (unpaired) electrons. The summed E-state index contributed by atoms with van der Waals surface area (Å²) in [6, 6.07) is 2.10. The second kappa shape index (κ2) is 9.32. The third kappa shape index (κ3) is 6.57. The van der Waals surface area contributed by atoms with Crippen molar-refractivity contribution in [2.45, 2.75) is 57.5 Å². The Morgan fingerprint density at radius 3 is 2.27 bits per heavy atom. The third-order valence-corrected chi connectivity index (χ3v) is 9.06. The molecule has 0 aliphatic heterocycles. The van der Waals surface area contributed by atoms with Gasteiger partial charge in [0.1, 0.15) is 17.4 Å². The molecular weight excluding hydrogens is 360 g/mol. The minimum atomic E-state index is -2.19. The van der Waals surface area contributed by atoms with Crippen LogP contribution in [0.25, 0.3) is 10.4 Å². The highest BCUT2D eigenvalue weighted by Crippen LogP contribution is 2.38. The van der Waals surface area contributed by atoms with Gasteiger partial charge in [-0.3, -0.25) is 0 Å². The van der Waals surface area contributed by atoms with Crippen molar-refractivity contribution in [2.24, 2.45) is 5.11 Å². The number of aliphatic hydroxyl groups excluding tert-OH is 1. The number of aliphatic hydroxyl groups is 1. The van der Waals surface area contributed by atoms with Crippen LogP contribution in [0, 0.1) is 11.6 Å². The van der Waals surface area contributed by atoms with E-state index in [9.17, 15) is 13.9 Å². The van der Waals surface area contributed by atoms with Crippen LogP contribution in [0.2, 0.25) is 18.1 Å². The Hall–Kier alpha value is -1.67. The number of hydrogen-bond donors (Lipinski definition) is 1. The van der Waals surface area contributed by atoms with E-state index in [0.717, 1.165) is 18.2 Å². The number of benzene rings is 1. The first-order chi connectivity index (χ1) is 12.0. The maximum atomic E-state index is 13.3. The summed E-state index contributed by atoms with van der Waals surface area (Å²) >= 11 is 0. The standard InChI is InChI=1S/C17H27F2N3O3Si/c1-17(2,3)26(4,5)25-16(6-7-23)15(21-22-20)11-24-14-9-12(18)8-13(19)10-14/h8-10,15-16,23H,6-7,11H2,1-5H3. The second-order valence-corrected chi connectivity index (χ2v) is 12.4. The van der Waals surface area contributed by atoms with E-state index in [2.05, 4.69) is 30.8 Å². The molecule has 1 aromatic carbocycles. The highest BCUT2D eigenvalue weighted by atomic mass is 28.4. The Labute approximate surface area is 153 Å². The van der Waals surface area contributed by atoms with Gasteiger partial charge in [0.05, 0.1) is 18.8 Å². The van der Waals surface area contributed by atoms with Gasteiger partial charge in [0, 0.05) is 29.7 Å². The SMILES string of the molecule is CC(C)(C)[Si](C)(C)OC(CCO)C(COc1cc(F)cc(F)c1)N=[N+]=[N-]. The molecule has 0 fully saturated rings. The summed E-state index contributed by atoms with van der Waals surface area (Å²) in [7, 11) is -2.19. The average molecular weight is 388 g/mol. The predicted molar refractivity (Wildman–Crippen MR) is 98.6 cm³/mol. The lowest BCUT2D eigenvalue weighted by molar-refractivity contribution is 0.0960. The fraction of sp³-hybridized carbons (Fsp3) is 0.647. The molecule has 26 heavy (non-hydrogen) atoms. The number of rotatable bonds is 9. The van der Waals surface area contributed by atoms with Gasteiger partial charge in [0.15, 0.2) is 8.32 Å². The summed E-state index contributed by atoms with van der Waals surface area (Å²) in [5.74, 6) is -1.52. The van der Waals surface area contributed by atoms with Crippen molar-refractivity contribution in [3.63, 3.8) is 0 Å². The molecule has 0 bridgehead atoms. The number of ether oxygens (including phenoxy) is 1. The molecule has 0 spiro atoms. The molecule has 0 heterocycles. The topological polar surface area (TPSA) is 87.5 Å². The van der Waals surface area contributed by atoms with Crippen molar-refractivity contribution in [1.29, 1.82) is 0 Å². The normalized spacial score (nSPS) is 14.5. The molecule has 0 aliphatic rings. The Bertz CT molecular complexity index is 626. The Kier molecular flexibility index (Phi) is 8.02. The highest BCUT2D eigenvalue weighted by Gasteiger charge is 2.40. The zero-order valence-corrected chi connectivity index (χ0v) is 16.9. The predicted octanol–water partition coefficient (Wildman–Crippen LogP) is 4.80. The molecule has 0 amide bonds. The van der Waals surface area contributed by atoms with Crippen LogP contribution in [0.15, 0.2) is 23.3 Å². The van der Waals surface area contributed by atoms with Crippen LogP contribution in [-0.4, -0.2) is 38.8 Å². The number of hydrogen-bond acceptors (Lipinski definition) is 4. The smallest absolute Gasteiger partial charge is 0.192 e. The van der Waals surface area contributed by atoms with Crippen LogP contribution in [0.4, 0.5) is 8.78 Å². The Balaban J connectivity index is 2.96. The van der Waals surface area contributed by atoms with E-state index in [1.54, 1.807) is 0 Å². The molecule has 2 atom stereocenters. The van der Waals surface area contributed by atoms with Gasteiger partial charge in [-0.2, -0.15) is 0 Å². The van der Waals surface area contributed by atoms with Crippen LogP contribution in [0.3, 0.4) is 0 Å². The Morgan fingerprint density at radius 1 is 1.23 bits per heavy atom. The maximum Gasteiger partial charge on any atom is 0.192 e. The summed E-state index contributed by atoms with van der Waals surface area (Å²) in [5.41, 5.74) is 8.87. The van der Waals surface area contributed by atoms with E-state index < -0.39 is 32.1 Å². The minimum Gasteiger partial charge on any atom is -0.493 e.